The van der Waals surface area contributed by atoms with Crippen molar-refractivity contribution in [3.63, 3.8) is 0 Å². The van der Waals surface area contributed by atoms with Crippen LogP contribution in [-0.4, -0.2) is 19.5 Å². The van der Waals surface area contributed by atoms with E-state index in [1.54, 1.807) is 13.2 Å². The number of benzene rings is 1. The van der Waals surface area contributed by atoms with Crippen LogP contribution in [0.25, 0.3) is 0 Å². The van der Waals surface area contributed by atoms with Gasteiger partial charge in [-0.3, -0.25) is 4.79 Å². The van der Waals surface area contributed by atoms with E-state index in [1.807, 2.05) is 6.07 Å². The summed E-state index contributed by atoms with van der Waals surface area (Å²) in [5.74, 6) is 0.508. The summed E-state index contributed by atoms with van der Waals surface area (Å²) in [6.07, 6.45) is 3.68. The van der Waals surface area contributed by atoms with Gasteiger partial charge in [0, 0.05) is 16.5 Å². The molecular formula is C14H12Br2O3. The molecule has 1 aromatic rings. The Bertz CT molecular complexity index is 577. The van der Waals surface area contributed by atoms with E-state index in [2.05, 4.69) is 38.4 Å². The fraction of sp³-hybridized carbons (Fsp3) is 0.214. The molecule has 0 fully saturated rings. The van der Waals surface area contributed by atoms with E-state index in [9.17, 15) is 4.79 Å². The van der Waals surface area contributed by atoms with Gasteiger partial charge < -0.3 is 9.47 Å². The highest BCUT2D eigenvalue weighted by atomic mass is 79.9. The molecule has 3 nitrogen and oxygen atoms in total. The Balaban J connectivity index is 2.45. The molecule has 5 heteroatoms. The van der Waals surface area contributed by atoms with Gasteiger partial charge in [0.05, 0.1) is 23.4 Å². The van der Waals surface area contributed by atoms with Crippen molar-refractivity contribution in [2.24, 2.45) is 0 Å². The predicted octanol–water partition coefficient (Wildman–Crippen LogP) is 4.05. The Morgan fingerprint density at radius 1 is 1.42 bits per heavy atom. The number of methoxy groups -OCH3 is 1. The number of carbonyl (C=O) groups excluding carboxylic acids is 1. The Hall–Kier alpha value is -1.07. The van der Waals surface area contributed by atoms with Crippen LogP contribution >= 0.6 is 31.9 Å². The third-order valence-electron chi connectivity index (χ3n) is 2.82. The van der Waals surface area contributed by atoms with Crippen molar-refractivity contribution >= 4 is 37.6 Å². The third kappa shape index (κ3) is 2.62. The number of ether oxygens (including phenoxy) is 2. The van der Waals surface area contributed by atoms with Gasteiger partial charge in [-0.1, -0.05) is 28.6 Å². The molecule has 0 bridgehead atoms. The number of hydrogen-bond donors (Lipinski definition) is 0. The van der Waals surface area contributed by atoms with Crippen LogP contribution in [0.5, 0.6) is 5.75 Å². The third-order valence-corrected chi connectivity index (χ3v) is 4.11. The largest absolute Gasteiger partial charge is 0.497 e. The number of Topliss-reactive ketones (excluding diaryl/α,β-unsaturated/α-hetero) is 1. The van der Waals surface area contributed by atoms with E-state index in [4.69, 9.17) is 9.47 Å². The predicted molar refractivity (Wildman–Crippen MR) is 80.7 cm³/mol. The summed E-state index contributed by atoms with van der Waals surface area (Å²) in [5, 5.41) is 0. The van der Waals surface area contributed by atoms with E-state index in [0.717, 1.165) is 14.5 Å². The zero-order chi connectivity index (χ0) is 14.0. The van der Waals surface area contributed by atoms with Crippen molar-refractivity contribution < 1.29 is 14.3 Å². The van der Waals surface area contributed by atoms with E-state index >= 15 is 0 Å². The number of halogens is 2. The summed E-state index contributed by atoms with van der Waals surface area (Å²) in [6.45, 7) is 3.95. The smallest absolute Gasteiger partial charge is 0.196 e. The maximum atomic E-state index is 12.4. The molecule has 0 amide bonds. The number of carbonyl (C=O) groups is 1. The Morgan fingerprint density at radius 3 is 2.79 bits per heavy atom. The van der Waals surface area contributed by atoms with Crippen molar-refractivity contribution in [3.05, 3.63) is 50.6 Å². The first-order chi connectivity index (χ1) is 9.10. The summed E-state index contributed by atoms with van der Waals surface area (Å²) in [4.78, 5) is 12.4. The van der Waals surface area contributed by atoms with Gasteiger partial charge in [0.25, 0.3) is 0 Å². The molecule has 0 N–H and O–H groups in total. The van der Waals surface area contributed by atoms with E-state index in [-0.39, 0.29) is 5.78 Å². The lowest BCUT2D eigenvalue weighted by atomic mass is 10.1. The topological polar surface area (TPSA) is 35.5 Å². The second kappa shape index (κ2) is 5.92. The first-order valence-electron chi connectivity index (χ1n) is 5.61. The quantitative estimate of drug-likeness (QED) is 0.338. The average molecular weight is 388 g/mol. The van der Waals surface area contributed by atoms with Crippen LogP contribution in [-0.2, 0) is 11.2 Å². The average Bonchev–Trinajstić information content (AvgIpc) is 2.69. The zero-order valence-electron chi connectivity index (χ0n) is 10.3. The highest BCUT2D eigenvalue weighted by Crippen LogP contribution is 2.42. The minimum atomic E-state index is -0.0575. The van der Waals surface area contributed by atoms with Crippen molar-refractivity contribution in [1.29, 1.82) is 0 Å². The Morgan fingerprint density at radius 2 is 2.16 bits per heavy atom. The maximum absolute atomic E-state index is 12.4. The second-order valence-electron chi connectivity index (χ2n) is 4.00. The fourth-order valence-electron chi connectivity index (χ4n) is 2.00. The first-order valence-corrected chi connectivity index (χ1v) is 7.19. The van der Waals surface area contributed by atoms with Gasteiger partial charge in [-0.05, 0) is 27.6 Å². The molecule has 2 rings (SSSR count). The van der Waals surface area contributed by atoms with Crippen LogP contribution < -0.4 is 4.74 Å². The van der Waals surface area contributed by atoms with Crippen molar-refractivity contribution in [1.82, 2.24) is 0 Å². The molecule has 0 saturated heterocycles. The minimum absolute atomic E-state index is 0.0575. The monoisotopic (exact) mass is 386 g/mol. The molecule has 1 aliphatic carbocycles. The molecule has 0 unspecified atom stereocenters. The van der Waals surface area contributed by atoms with E-state index < -0.39 is 0 Å². The summed E-state index contributed by atoms with van der Waals surface area (Å²) in [6, 6.07) is 1.89. The molecular weight excluding hydrogens is 376 g/mol. The SMILES string of the molecule is C=CCO/C=C1/Cc2c(Br)cc(Br)c(OC)c2C1=O. The van der Waals surface area contributed by atoms with Gasteiger partial charge in [0.15, 0.2) is 5.78 Å². The minimum Gasteiger partial charge on any atom is -0.497 e. The first kappa shape index (κ1) is 14.3. The molecule has 0 heterocycles. The summed E-state index contributed by atoms with van der Waals surface area (Å²) in [5.41, 5.74) is 2.14. The van der Waals surface area contributed by atoms with Crippen LogP contribution in [0.4, 0.5) is 0 Å². The van der Waals surface area contributed by atoms with Crippen molar-refractivity contribution in [2.45, 2.75) is 6.42 Å². The lowest BCUT2D eigenvalue weighted by molar-refractivity contribution is 0.103. The van der Waals surface area contributed by atoms with Crippen LogP contribution in [0.2, 0.25) is 0 Å². The molecule has 0 aromatic heterocycles. The molecule has 0 spiro atoms. The van der Waals surface area contributed by atoms with E-state index in [1.165, 1.54) is 6.26 Å². The lowest BCUT2D eigenvalue weighted by Gasteiger charge is -2.09. The normalized spacial score (nSPS) is 15.5. The van der Waals surface area contributed by atoms with Crippen LogP contribution in [0.15, 0.2) is 39.5 Å². The van der Waals surface area contributed by atoms with Gasteiger partial charge >= 0.3 is 0 Å². The van der Waals surface area contributed by atoms with Gasteiger partial charge in [-0.2, -0.15) is 0 Å². The van der Waals surface area contributed by atoms with Crippen LogP contribution in [0, 0.1) is 0 Å². The summed E-state index contributed by atoms with van der Waals surface area (Å²) in [7, 11) is 1.55. The highest BCUT2D eigenvalue weighted by Gasteiger charge is 2.32. The second-order valence-corrected chi connectivity index (χ2v) is 5.71. The molecule has 0 radical (unpaired) electrons. The van der Waals surface area contributed by atoms with Crippen LogP contribution in [0.3, 0.4) is 0 Å². The molecule has 0 atom stereocenters. The summed E-state index contributed by atoms with van der Waals surface area (Å²) < 4.78 is 12.2. The van der Waals surface area contributed by atoms with Gasteiger partial charge in [0.2, 0.25) is 0 Å². The van der Waals surface area contributed by atoms with Gasteiger partial charge in [-0.15, -0.1) is 0 Å². The Kier molecular flexibility index (Phi) is 4.47. The summed E-state index contributed by atoms with van der Waals surface area (Å²) >= 11 is 6.88. The molecule has 100 valence electrons. The molecule has 0 aliphatic heterocycles. The molecule has 1 aliphatic rings. The molecule has 19 heavy (non-hydrogen) atoms. The number of hydrogen-bond acceptors (Lipinski definition) is 3. The van der Waals surface area contributed by atoms with Gasteiger partial charge in [-0.25, -0.2) is 0 Å². The Labute approximate surface area is 128 Å². The number of allylic oxidation sites excluding steroid dienone is 1. The maximum Gasteiger partial charge on any atom is 0.196 e. The lowest BCUT2D eigenvalue weighted by Crippen LogP contribution is -2.00. The van der Waals surface area contributed by atoms with Crippen molar-refractivity contribution in [3.8, 4) is 5.75 Å². The van der Waals surface area contributed by atoms with Crippen LogP contribution in [0.1, 0.15) is 15.9 Å². The standard InChI is InChI=1S/C14H12Br2O3/c1-3-4-19-7-8-5-9-10(15)6-11(16)14(18-2)12(9)13(8)17/h3,6-7H,1,4-5H2,2H3/b8-7-. The molecule has 0 saturated carbocycles. The molecule has 1 aromatic carbocycles. The number of rotatable bonds is 4. The number of ketones is 1. The number of fused-ring (bicyclic) bond motifs is 1. The van der Waals surface area contributed by atoms with Crippen molar-refractivity contribution in [2.75, 3.05) is 13.7 Å². The van der Waals surface area contributed by atoms with E-state index in [0.29, 0.717) is 29.9 Å². The fourth-order valence-corrected chi connectivity index (χ4v) is 3.46. The van der Waals surface area contributed by atoms with Gasteiger partial charge in [0.1, 0.15) is 12.4 Å². The highest BCUT2D eigenvalue weighted by molar-refractivity contribution is 9.11. The zero-order valence-corrected chi connectivity index (χ0v) is 13.5.